The predicted molar refractivity (Wildman–Crippen MR) is 115 cm³/mol. The van der Waals surface area contributed by atoms with E-state index in [9.17, 15) is 4.79 Å². The van der Waals surface area contributed by atoms with Crippen molar-refractivity contribution in [3.8, 4) is 0 Å². The van der Waals surface area contributed by atoms with E-state index < -0.39 is 0 Å². The third kappa shape index (κ3) is 3.57. The van der Waals surface area contributed by atoms with Crippen LogP contribution in [0.15, 0.2) is 48.5 Å². The first-order chi connectivity index (χ1) is 13.3. The van der Waals surface area contributed by atoms with Gasteiger partial charge in [-0.15, -0.1) is 0 Å². The van der Waals surface area contributed by atoms with E-state index in [1.807, 2.05) is 12.1 Å². The Hall–Kier alpha value is -2.59. The van der Waals surface area contributed by atoms with E-state index in [0.717, 1.165) is 25.2 Å². The number of aromatic nitrogens is 1. The average molecular weight is 376 g/mol. The Morgan fingerprint density at radius 2 is 1.86 bits per heavy atom. The second-order valence-electron chi connectivity index (χ2n) is 8.93. The topological polar surface area (TPSA) is 48.1 Å². The summed E-state index contributed by atoms with van der Waals surface area (Å²) in [5.74, 6) is -0.0390. The zero-order chi connectivity index (χ0) is 19.9. The predicted octanol–water partition coefficient (Wildman–Crippen LogP) is 5.27. The number of rotatable bonds is 3. The van der Waals surface area contributed by atoms with Crippen molar-refractivity contribution in [2.24, 2.45) is 5.41 Å². The molecule has 0 unspecified atom stereocenters. The Labute approximate surface area is 166 Å². The fourth-order valence-electron chi connectivity index (χ4n) is 4.57. The van der Waals surface area contributed by atoms with E-state index in [4.69, 9.17) is 0 Å². The van der Waals surface area contributed by atoms with Gasteiger partial charge in [-0.25, -0.2) is 0 Å². The number of nitrogens with zero attached hydrogens (tertiary/aromatic N) is 1. The zero-order valence-corrected chi connectivity index (χ0v) is 17.2. The van der Waals surface area contributed by atoms with E-state index in [-0.39, 0.29) is 11.3 Å². The van der Waals surface area contributed by atoms with Crippen LogP contribution in [0.1, 0.15) is 50.6 Å². The van der Waals surface area contributed by atoms with Crippen LogP contribution in [-0.2, 0) is 17.8 Å². The van der Waals surface area contributed by atoms with Gasteiger partial charge in [0.15, 0.2) is 0 Å². The molecule has 1 amide bonds. The molecule has 0 bridgehead atoms. The smallest absolute Gasteiger partial charge is 0.221 e. The number of amides is 1. The molecule has 28 heavy (non-hydrogen) atoms. The highest BCUT2D eigenvalue weighted by atomic mass is 16.1. The molecule has 2 heterocycles. The summed E-state index contributed by atoms with van der Waals surface area (Å²) >= 11 is 0. The third-order valence-corrected chi connectivity index (χ3v) is 5.61. The molecule has 4 heteroatoms. The van der Waals surface area contributed by atoms with Gasteiger partial charge in [0.05, 0.1) is 6.04 Å². The second-order valence-corrected chi connectivity index (χ2v) is 8.93. The third-order valence-electron chi connectivity index (χ3n) is 5.61. The Morgan fingerprint density at radius 1 is 1.14 bits per heavy atom. The van der Waals surface area contributed by atoms with E-state index in [1.165, 1.54) is 34.6 Å². The number of nitrogens with one attached hydrogen (secondary N) is 2. The Morgan fingerprint density at radius 3 is 2.54 bits per heavy atom. The van der Waals surface area contributed by atoms with Crippen LogP contribution in [-0.4, -0.2) is 22.3 Å². The number of hydrogen-bond acceptors (Lipinski definition) is 2. The van der Waals surface area contributed by atoms with Crippen molar-refractivity contribution in [3.05, 3.63) is 65.4 Å². The zero-order valence-electron chi connectivity index (χ0n) is 17.2. The number of H-pyrrole nitrogens is 1. The summed E-state index contributed by atoms with van der Waals surface area (Å²) in [6.45, 7) is 10.5. The van der Waals surface area contributed by atoms with Crippen LogP contribution in [0.25, 0.3) is 10.9 Å². The average Bonchev–Trinajstić information content (AvgIpc) is 3.00. The first-order valence-corrected chi connectivity index (χ1v) is 10.0. The summed E-state index contributed by atoms with van der Waals surface area (Å²) in [7, 11) is 0. The summed E-state index contributed by atoms with van der Waals surface area (Å²) in [5, 5.41) is 4.21. The van der Waals surface area contributed by atoms with Crippen molar-refractivity contribution in [3.63, 3.8) is 0 Å². The fraction of sp³-hybridized carbons (Fsp3) is 0.375. The lowest BCUT2D eigenvalue weighted by atomic mass is 9.79. The molecular formula is C24H29N3O. The minimum atomic E-state index is -0.0390. The summed E-state index contributed by atoms with van der Waals surface area (Å²) < 4.78 is 0. The van der Waals surface area contributed by atoms with Gasteiger partial charge in [-0.1, -0.05) is 51.1 Å². The Balaban J connectivity index is 1.65. The maximum absolute atomic E-state index is 11.2. The van der Waals surface area contributed by atoms with Crippen LogP contribution in [0.5, 0.6) is 0 Å². The Bertz CT molecular complexity index is 995. The van der Waals surface area contributed by atoms with Gasteiger partial charge in [0, 0.05) is 42.3 Å². The van der Waals surface area contributed by atoms with Crippen LogP contribution in [0.4, 0.5) is 5.69 Å². The summed E-state index contributed by atoms with van der Waals surface area (Å²) in [6.07, 6.45) is 1.07. The molecular weight excluding hydrogens is 346 g/mol. The number of aromatic amines is 1. The Kier molecular flexibility index (Phi) is 4.76. The molecule has 1 aromatic heterocycles. The van der Waals surface area contributed by atoms with Gasteiger partial charge >= 0.3 is 0 Å². The number of carbonyl (C=O) groups excluding carboxylic acids is 1. The van der Waals surface area contributed by atoms with Crippen molar-refractivity contribution in [2.45, 2.75) is 46.7 Å². The molecule has 2 N–H and O–H groups in total. The summed E-state index contributed by atoms with van der Waals surface area (Å²) in [6, 6.07) is 17.2. The SMILES string of the molecule is CC(=O)Nc1ccc(CN2CCc3c([nH]c4ccccc34)[C@H]2C(C)(C)C)cc1. The van der Waals surface area contributed by atoms with E-state index in [2.05, 4.69) is 72.4 Å². The largest absolute Gasteiger partial charge is 0.357 e. The summed E-state index contributed by atoms with van der Waals surface area (Å²) in [4.78, 5) is 17.6. The maximum atomic E-state index is 11.2. The number of fused-ring (bicyclic) bond motifs is 3. The quantitative estimate of drug-likeness (QED) is 0.655. The van der Waals surface area contributed by atoms with Crippen LogP contribution in [0, 0.1) is 5.41 Å². The first kappa shape index (κ1) is 18.8. The molecule has 4 rings (SSSR count). The first-order valence-electron chi connectivity index (χ1n) is 10.0. The highest BCUT2D eigenvalue weighted by molar-refractivity contribution is 5.88. The fourth-order valence-corrected chi connectivity index (χ4v) is 4.57. The van der Waals surface area contributed by atoms with E-state index in [1.54, 1.807) is 0 Å². The standard InChI is InChI=1S/C24H29N3O/c1-16(28)25-18-11-9-17(10-12-18)15-27-14-13-20-19-7-5-6-8-21(19)26-22(20)23(27)24(2,3)4/h5-12,23,26H,13-15H2,1-4H3,(H,25,28)/t23-/m0/s1. The maximum Gasteiger partial charge on any atom is 0.221 e. The van der Waals surface area contributed by atoms with Crippen molar-refractivity contribution in [1.82, 2.24) is 9.88 Å². The molecule has 1 aliphatic rings. The van der Waals surface area contributed by atoms with Gasteiger partial charge in [-0.2, -0.15) is 0 Å². The molecule has 0 aliphatic carbocycles. The highest BCUT2D eigenvalue weighted by Crippen LogP contribution is 2.44. The highest BCUT2D eigenvalue weighted by Gasteiger charge is 2.37. The molecule has 0 spiro atoms. The van der Waals surface area contributed by atoms with Gasteiger partial charge in [0.2, 0.25) is 5.91 Å². The van der Waals surface area contributed by atoms with Crippen LogP contribution in [0.3, 0.4) is 0 Å². The van der Waals surface area contributed by atoms with E-state index >= 15 is 0 Å². The monoisotopic (exact) mass is 375 g/mol. The lowest BCUT2D eigenvalue weighted by Gasteiger charge is -2.43. The lowest BCUT2D eigenvalue weighted by molar-refractivity contribution is -0.114. The molecule has 1 aliphatic heterocycles. The number of hydrogen-bond donors (Lipinski definition) is 2. The van der Waals surface area contributed by atoms with Crippen molar-refractivity contribution >= 4 is 22.5 Å². The van der Waals surface area contributed by atoms with Crippen LogP contribution >= 0.6 is 0 Å². The molecule has 0 saturated carbocycles. The molecule has 0 saturated heterocycles. The van der Waals surface area contributed by atoms with Gasteiger partial charge < -0.3 is 10.3 Å². The molecule has 3 aromatic rings. The summed E-state index contributed by atoms with van der Waals surface area (Å²) in [5.41, 5.74) is 6.32. The van der Waals surface area contributed by atoms with Crippen molar-refractivity contribution in [1.29, 1.82) is 0 Å². The van der Waals surface area contributed by atoms with Crippen molar-refractivity contribution < 1.29 is 4.79 Å². The normalized spacial score (nSPS) is 17.5. The molecule has 146 valence electrons. The second kappa shape index (κ2) is 7.10. The minimum absolute atomic E-state index is 0.0390. The number of para-hydroxylation sites is 1. The van der Waals surface area contributed by atoms with Gasteiger partial charge in [0.1, 0.15) is 0 Å². The van der Waals surface area contributed by atoms with Crippen molar-refractivity contribution in [2.75, 3.05) is 11.9 Å². The molecule has 1 atom stereocenters. The number of carbonyl (C=O) groups is 1. The lowest BCUT2D eigenvalue weighted by Crippen LogP contribution is -2.41. The minimum Gasteiger partial charge on any atom is -0.357 e. The van der Waals surface area contributed by atoms with Crippen LogP contribution < -0.4 is 5.32 Å². The molecule has 0 radical (unpaired) electrons. The molecule has 0 fully saturated rings. The number of anilines is 1. The molecule has 4 nitrogen and oxygen atoms in total. The van der Waals surface area contributed by atoms with Crippen LogP contribution in [0.2, 0.25) is 0 Å². The van der Waals surface area contributed by atoms with E-state index in [0.29, 0.717) is 6.04 Å². The number of benzene rings is 2. The van der Waals surface area contributed by atoms with Gasteiger partial charge in [-0.05, 0) is 41.2 Å². The molecule has 2 aromatic carbocycles. The van der Waals surface area contributed by atoms with Gasteiger partial charge in [-0.3, -0.25) is 9.69 Å². The van der Waals surface area contributed by atoms with Gasteiger partial charge in [0.25, 0.3) is 0 Å².